The van der Waals surface area contributed by atoms with Crippen molar-refractivity contribution in [3.05, 3.63) is 29.0 Å². The first-order valence-corrected chi connectivity index (χ1v) is 5.79. The average molecular weight is 251 g/mol. The zero-order chi connectivity index (χ0) is 11.1. The Hall–Kier alpha value is -0.470. The second-order valence-electron chi connectivity index (χ2n) is 3.15. The van der Waals surface area contributed by atoms with Crippen LogP contribution in [0.25, 0.3) is 0 Å². The van der Waals surface area contributed by atoms with Crippen LogP contribution in [0.3, 0.4) is 0 Å². The molecule has 0 radical (unpaired) electrons. The zero-order valence-electron chi connectivity index (χ0n) is 8.31. The highest BCUT2D eigenvalue weighted by molar-refractivity contribution is 6.30. The van der Waals surface area contributed by atoms with E-state index in [-0.39, 0.29) is 10.8 Å². The number of hydrogen-bond acceptors (Lipinski definition) is 1. The molecule has 84 valence electrons. The second kappa shape index (κ2) is 6.91. The van der Waals surface area contributed by atoms with Gasteiger partial charge in [0.25, 0.3) is 0 Å². The summed E-state index contributed by atoms with van der Waals surface area (Å²) in [6, 6.07) is 4.74. The summed E-state index contributed by atoms with van der Waals surface area (Å²) >= 11 is 11.1. The molecule has 0 aliphatic heterocycles. The van der Waals surface area contributed by atoms with Gasteiger partial charge >= 0.3 is 0 Å². The van der Waals surface area contributed by atoms with E-state index in [0.29, 0.717) is 12.5 Å². The van der Waals surface area contributed by atoms with Crippen LogP contribution < -0.4 is 4.74 Å². The predicted molar refractivity (Wildman–Crippen MR) is 61.5 cm³/mol. The molecule has 0 spiro atoms. The summed E-state index contributed by atoms with van der Waals surface area (Å²) in [6.45, 7) is 0.494. The maximum Gasteiger partial charge on any atom is 0.183 e. The van der Waals surface area contributed by atoms with Crippen LogP contribution in [0.5, 0.6) is 5.75 Å². The Morgan fingerprint density at radius 2 is 2.00 bits per heavy atom. The molecule has 1 nitrogen and oxygen atoms in total. The highest BCUT2D eigenvalue weighted by atomic mass is 35.5. The Labute approximate surface area is 99.1 Å². The van der Waals surface area contributed by atoms with E-state index in [4.69, 9.17) is 27.9 Å². The molecular weight excluding hydrogens is 238 g/mol. The van der Waals surface area contributed by atoms with E-state index in [2.05, 4.69) is 0 Å². The minimum atomic E-state index is -0.489. The molecule has 0 heterocycles. The molecule has 0 aliphatic rings. The summed E-state index contributed by atoms with van der Waals surface area (Å²) in [6.07, 6.45) is 2.83. The molecule has 0 aliphatic carbocycles. The zero-order valence-corrected chi connectivity index (χ0v) is 9.82. The molecule has 1 aromatic carbocycles. The summed E-state index contributed by atoms with van der Waals surface area (Å²) in [7, 11) is 0. The second-order valence-corrected chi connectivity index (χ2v) is 3.94. The first kappa shape index (κ1) is 12.6. The van der Waals surface area contributed by atoms with Crippen molar-refractivity contribution in [1.29, 1.82) is 0 Å². The van der Waals surface area contributed by atoms with E-state index in [1.165, 1.54) is 6.07 Å². The standard InChI is InChI=1S/C11H13Cl2FO/c12-7-2-1-3-8-15-10-6-4-5-9(13)11(10)14/h4-6H,1-3,7-8H2. The topological polar surface area (TPSA) is 9.23 Å². The summed E-state index contributed by atoms with van der Waals surface area (Å²) < 4.78 is 18.6. The summed E-state index contributed by atoms with van der Waals surface area (Å²) in [5, 5.41) is 0.0910. The van der Waals surface area contributed by atoms with Gasteiger partial charge in [-0.25, -0.2) is 4.39 Å². The van der Waals surface area contributed by atoms with Crippen LogP contribution in [0.15, 0.2) is 18.2 Å². The molecule has 0 fully saturated rings. The number of unbranched alkanes of at least 4 members (excludes halogenated alkanes) is 2. The lowest BCUT2D eigenvalue weighted by atomic mass is 10.2. The molecule has 0 N–H and O–H groups in total. The number of benzene rings is 1. The minimum absolute atomic E-state index is 0.0910. The Morgan fingerprint density at radius 3 is 2.73 bits per heavy atom. The van der Waals surface area contributed by atoms with Gasteiger partial charge in [0.2, 0.25) is 0 Å². The van der Waals surface area contributed by atoms with E-state index in [1.807, 2.05) is 0 Å². The van der Waals surface area contributed by atoms with Gasteiger partial charge in [0.05, 0.1) is 11.6 Å². The highest BCUT2D eigenvalue weighted by Gasteiger charge is 2.06. The molecule has 0 aromatic heterocycles. The first-order chi connectivity index (χ1) is 7.25. The maximum atomic E-state index is 13.3. The van der Waals surface area contributed by atoms with Crippen LogP contribution in [0.2, 0.25) is 5.02 Å². The van der Waals surface area contributed by atoms with Crippen molar-refractivity contribution in [1.82, 2.24) is 0 Å². The number of ether oxygens (including phenoxy) is 1. The van der Waals surface area contributed by atoms with Gasteiger partial charge in [0, 0.05) is 5.88 Å². The van der Waals surface area contributed by atoms with Crippen molar-refractivity contribution in [3.8, 4) is 5.75 Å². The molecule has 0 bridgehead atoms. The van der Waals surface area contributed by atoms with Gasteiger partial charge in [0.15, 0.2) is 11.6 Å². The van der Waals surface area contributed by atoms with Crippen LogP contribution in [0.4, 0.5) is 4.39 Å². The van der Waals surface area contributed by atoms with Crippen LogP contribution in [0.1, 0.15) is 19.3 Å². The van der Waals surface area contributed by atoms with Gasteiger partial charge in [-0.2, -0.15) is 0 Å². The third kappa shape index (κ3) is 4.27. The van der Waals surface area contributed by atoms with Gasteiger partial charge in [-0.1, -0.05) is 17.7 Å². The molecule has 4 heteroatoms. The van der Waals surface area contributed by atoms with Gasteiger partial charge in [-0.3, -0.25) is 0 Å². The van der Waals surface area contributed by atoms with Crippen molar-refractivity contribution >= 4 is 23.2 Å². The van der Waals surface area contributed by atoms with Crippen LogP contribution in [-0.2, 0) is 0 Å². The number of hydrogen-bond donors (Lipinski definition) is 0. The number of alkyl halides is 1. The molecule has 0 saturated carbocycles. The molecule has 1 aromatic rings. The van der Waals surface area contributed by atoms with E-state index in [1.54, 1.807) is 12.1 Å². The molecular formula is C11H13Cl2FO. The van der Waals surface area contributed by atoms with Crippen molar-refractivity contribution in [3.63, 3.8) is 0 Å². The van der Waals surface area contributed by atoms with Crippen molar-refractivity contribution < 1.29 is 9.13 Å². The van der Waals surface area contributed by atoms with E-state index in [0.717, 1.165) is 19.3 Å². The smallest absolute Gasteiger partial charge is 0.183 e. The number of rotatable bonds is 6. The predicted octanol–water partition coefficient (Wildman–Crippen LogP) is 4.27. The lowest BCUT2D eigenvalue weighted by Crippen LogP contribution is -1.99. The molecule has 0 amide bonds. The van der Waals surface area contributed by atoms with E-state index in [9.17, 15) is 4.39 Å². The van der Waals surface area contributed by atoms with Crippen molar-refractivity contribution in [2.24, 2.45) is 0 Å². The third-order valence-electron chi connectivity index (χ3n) is 1.95. The maximum absolute atomic E-state index is 13.3. The average Bonchev–Trinajstić information content (AvgIpc) is 2.24. The minimum Gasteiger partial charge on any atom is -0.490 e. The summed E-state index contributed by atoms with van der Waals surface area (Å²) in [5.74, 6) is 0.385. The molecule has 0 atom stereocenters. The van der Waals surface area contributed by atoms with Gasteiger partial charge < -0.3 is 4.74 Å². The molecule has 0 saturated heterocycles. The van der Waals surface area contributed by atoms with Gasteiger partial charge in [0.1, 0.15) is 0 Å². The van der Waals surface area contributed by atoms with Crippen LogP contribution >= 0.6 is 23.2 Å². The van der Waals surface area contributed by atoms with Crippen LogP contribution in [0, 0.1) is 5.82 Å². The van der Waals surface area contributed by atoms with Crippen LogP contribution in [-0.4, -0.2) is 12.5 Å². The van der Waals surface area contributed by atoms with Gasteiger partial charge in [-0.05, 0) is 31.4 Å². The highest BCUT2D eigenvalue weighted by Crippen LogP contribution is 2.24. The lowest BCUT2D eigenvalue weighted by molar-refractivity contribution is 0.292. The Morgan fingerprint density at radius 1 is 1.20 bits per heavy atom. The van der Waals surface area contributed by atoms with Gasteiger partial charge in [-0.15, -0.1) is 11.6 Å². The monoisotopic (exact) mass is 250 g/mol. The third-order valence-corrected chi connectivity index (χ3v) is 2.51. The van der Waals surface area contributed by atoms with E-state index >= 15 is 0 Å². The first-order valence-electron chi connectivity index (χ1n) is 4.88. The lowest BCUT2D eigenvalue weighted by Gasteiger charge is -2.07. The Balaban J connectivity index is 2.34. The number of halogens is 3. The van der Waals surface area contributed by atoms with Crippen molar-refractivity contribution in [2.45, 2.75) is 19.3 Å². The molecule has 0 unspecified atom stereocenters. The SMILES string of the molecule is Fc1c(Cl)cccc1OCCCCCCl. The quantitative estimate of drug-likeness (QED) is 0.542. The fourth-order valence-electron chi connectivity index (χ4n) is 1.15. The fourth-order valence-corrected chi connectivity index (χ4v) is 1.51. The molecule has 15 heavy (non-hydrogen) atoms. The largest absolute Gasteiger partial charge is 0.490 e. The fraction of sp³-hybridized carbons (Fsp3) is 0.455. The van der Waals surface area contributed by atoms with E-state index < -0.39 is 5.82 Å². The molecule has 1 rings (SSSR count). The summed E-state index contributed by atoms with van der Waals surface area (Å²) in [5.41, 5.74) is 0. The van der Waals surface area contributed by atoms with Crippen molar-refractivity contribution in [2.75, 3.05) is 12.5 Å². The Bertz CT molecular complexity index is 305. The normalized spacial score (nSPS) is 10.3. The Kier molecular flexibility index (Phi) is 5.81. The summed E-state index contributed by atoms with van der Waals surface area (Å²) in [4.78, 5) is 0.